The molecule has 0 fully saturated rings. The van der Waals surface area contributed by atoms with Gasteiger partial charge in [0.1, 0.15) is 4.88 Å². The molecule has 0 atom stereocenters. The first-order valence-corrected chi connectivity index (χ1v) is 7.06. The number of benzene rings is 1. The summed E-state index contributed by atoms with van der Waals surface area (Å²) in [7, 11) is 3.25. The number of halogens is 1. The molecule has 5 nitrogen and oxygen atoms in total. The normalized spacial score (nSPS) is 10.6. The van der Waals surface area contributed by atoms with Crippen molar-refractivity contribution in [3.63, 3.8) is 0 Å². The van der Waals surface area contributed by atoms with Crippen LogP contribution in [0.5, 0.6) is 0 Å². The molecule has 0 unspecified atom stereocenters. The summed E-state index contributed by atoms with van der Waals surface area (Å²) in [4.78, 5) is 25.3. The van der Waals surface area contributed by atoms with Gasteiger partial charge in [-0.3, -0.25) is 9.59 Å². The molecule has 2 aromatic rings. The van der Waals surface area contributed by atoms with Crippen molar-refractivity contribution in [2.45, 2.75) is 0 Å². The fourth-order valence-electron chi connectivity index (χ4n) is 1.69. The molecule has 0 radical (unpaired) electrons. The second kappa shape index (κ2) is 5.68. The number of hydrogen-bond acceptors (Lipinski definition) is 4. The van der Waals surface area contributed by atoms with Crippen LogP contribution in [0.2, 0.25) is 5.02 Å². The zero-order valence-electron chi connectivity index (χ0n) is 11.1. The van der Waals surface area contributed by atoms with E-state index in [-0.39, 0.29) is 18.4 Å². The Labute approximate surface area is 125 Å². The van der Waals surface area contributed by atoms with Crippen molar-refractivity contribution in [2.75, 3.05) is 26.4 Å². The van der Waals surface area contributed by atoms with E-state index < -0.39 is 0 Å². The number of nitrogens with one attached hydrogen (secondary N) is 1. The number of hydrogen-bond donors (Lipinski definition) is 2. The molecule has 0 aliphatic heterocycles. The summed E-state index contributed by atoms with van der Waals surface area (Å²) >= 11 is 7.34. The molecular weight excluding hydrogens is 298 g/mol. The second-order valence-corrected chi connectivity index (χ2v) is 5.89. The molecule has 1 aromatic heterocycles. The average molecular weight is 312 g/mol. The predicted molar refractivity (Wildman–Crippen MR) is 82.3 cm³/mol. The summed E-state index contributed by atoms with van der Waals surface area (Å²) in [6.45, 7) is -0.0623. The van der Waals surface area contributed by atoms with Gasteiger partial charge in [0.05, 0.1) is 17.3 Å². The smallest absolute Gasteiger partial charge is 0.263 e. The number of carbonyl (C=O) groups is 2. The molecule has 2 rings (SSSR count). The third-order valence-corrected chi connectivity index (χ3v) is 4.29. The van der Waals surface area contributed by atoms with Gasteiger partial charge in [0, 0.05) is 24.2 Å². The molecule has 0 saturated heterocycles. The van der Waals surface area contributed by atoms with Crippen LogP contribution in [0.1, 0.15) is 9.67 Å². The van der Waals surface area contributed by atoms with Crippen LogP contribution in [0, 0.1) is 0 Å². The van der Waals surface area contributed by atoms with Gasteiger partial charge >= 0.3 is 0 Å². The summed E-state index contributed by atoms with van der Waals surface area (Å²) < 4.78 is 0.846. The van der Waals surface area contributed by atoms with E-state index >= 15 is 0 Å². The van der Waals surface area contributed by atoms with Crippen LogP contribution in [0.15, 0.2) is 18.2 Å². The van der Waals surface area contributed by atoms with Crippen LogP contribution in [-0.4, -0.2) is 37.4 Å². The molecule has 0 saturated carbocycles. The number of nitrogen functional groups attached to an aromatic ring is 1. The molecule has 0 spiro atoms. The Morgan fingerprint density at radius 2 is 2.10 bits per heavy atom. The maximum atomic E-state index is 12.1. The topological polar surface area (TPSA) is 75.4 Å². The Hall–Kier alpha value is -1.79. The van der Waals surface area contributed by atoms with E-state index in [0.717, 1.165) is 4.70 Å². The van der Waals surface area contributed by atoms with Crippen LogP contribution < -0.4 is 11.1 Å². The highest BCUT2D eigenvalue weighted by Gasteiger charge is 2.18. The van der Waals surface area contributed by atoms with E-state index in [1.54, 1.807) is 26.2 Å². The average Bonchev–Trinajstić information content (AvgIpc) is 2.74. The highest BCUT2D eigenvalue weighted by molar-refractivity contribution is 7.21. The lowest BCUT2D eigenvalue weighted by molar-refractivity contribution is -0.127. The first-order chi connectivity index (χ1) is 9.41. The number of amides is 2. The van der Waals surface area contributed by atoms with Gasteiger partial charge in [0.2, 0.25) is 5.91 Å². The van der Waals surface area contributed by atoms with Gasteiger partial charge in [-0.2, -0.15) is 0 Å². The zero-order valence-corrected chi connectivity index (χ0v) is 12.6. The van der Waals surface area contributed by atoms with Gasteiger partial charge in [0.25, 0.3) is 5.91 Å². The first-order valence-electron chi connectivity index (χ1n) is 5.86. The minimum absolute atomic E-state index is 0.0623. The maximum absolute atomic E-state index is 12.1. The molecule has 106 valence electrons. The van der Waals surface area contributed by atoms with Gasteiger partial charge in [0.15, 0.2) is 0 Å². The molecule has 0 bridgehead atoms. The maximum Gasteiger partial charge on any atom is 0.263 e. The van der Waals surface area contributed by atoms with E-state index in [4.69, 9.17) is 17.3 Å². The molecule has 3 N–H and O–H groups in total. The molecule has 2 amide bonds. The lowest BCUT2D eigenvalue weighted by Crippen LogP contribution is -2.36. The number of nitrogens with zero attached hydrogens (tertiary/aromatic N) is 1. The van der Waals surface area contributed by atoms with E-state index in [1.165, 1.54) is 16.2 Å². The quantitative estimate of drug-likeness (QED) is 0.909. The number of nitrogens with two attached hydrogens (primary N) is 1. The van der Waals surface area contributed by atoms with E-state index in [9.17, 15) is 9.59 Å². The van der Waals surface area contributed by atoms with Gasteiger partial charge in [-0.15, -0.1) is 11.3 Å². The molecule has 20 heavy (non-hydrogen) atoms. The van der Waals surface area contributed by atoms with Gasteiger partial charge in [-0.05, 0) is 12.1 Å². The third-order valence-electron chi connectivity index (χ3n) is 2.81. The number of likely N-dealkylation sites (N-methyl/N-ethyl adjacent to an activating group) is 1. The Morgan fingerprint density at radius 1 is 1.40 bits per heavy atom. The molecule has 0 aliphatic carbocycles. The van der Waals surface area contributed by atoms with Crippen molar-refractivity contribution in [2.24, 2.45) is 0 Å². The zero-order chi connectivity index (χ0) is 14.9. The monoisotopic (exact) mass is 311 g/mol. The van der Waals surface area contributed by atoms with Crippen LogP contribution in [0.3, 0.4) is 0 Å². The lowest BCUT2D eigenvalue weighted by atomic mass is 10.2. The Balaban J connectivity index is 2.25. The number of thiophene rings is 1. The van der Waals surface area contributed by atoms with Crippen molar-refractivity contribution in [3.05, 3.63) is 28.1 Å². The first kappa shape index (κ1) is 14.6. The molecule has 0 aliphatic rings. The summed E-state index contributed by atoms with van der Waals surface area (Å²) in [5.41, 5.74) is 6.33. The highest BCUT2D eigenvalue weighted by Crippen LogP contribution is 2.37. The van der Waals surface area contributed by atoms with Crippen molar-refractivity contribution in [3.8, 4) is 0 Å². The van der Waals surface area contributed by atoms with Crippen molar-refractivity contribution in [1.29, 1.82) is 0 Å². The molecular formula is C13H14ClN3O2S. The SMILES string of the molecule is CN(C)C(=O)CNC(=O)c1sc2cccc(Cl)c2c1N. The van der Waals surface area contributed by atoms with E-state index in [0.29, 0.717) is 21.0 Å². The molecule has 7 heteroatoms. The van der Waals surface area contributed by atoms with Crippen LogP contribution in [0.4, 0.5) is 5.69 Å². The minimum Gasteiger partial charge on any atom is -0.397 e. The number of rotatable bonds is 3. The second-order valence-electron chi connectivity index (χ2n) is 4.43. The summed E-state index contributed by atoms with van der Waals surface area (Å²) in [5.74, 6) is -0.550. The fourth-order valence-corrected chi connectivity index (χ4v) is 3.09. The van der Waals surface area contributed by atoms with Crippen molar-refractivity contribution >= 4 is 50.5 Å². The summed E-state index contributed by atoms with van der Waals surface area (Å²) in [5, 5.41) is 3.76. The number of fused-ring (bicyclic) bond motifs is 1. The van der Waals surface area contributed by atoms with Crippen LogP contribution in [0.25, 0.3) is 10.1 Å². The largest absolute Gasteiger partial charge is 0.397 e. The van der Waals surface area contributed by atoms with Gasteiger partial charge in [-0.25, -0.2) is 0 Å². The van der Waals surface area contributed by atoms with Crippen molar-refractivity contribution < 1.29 is 9.59 Å². The highest BCUT2D eigenvalue weighted by atomic mass is 35.5. The lowest BCUT2D eigenvalue weighted by Gasteiger charge is -2.10. The minimum atomic E-state index is -0.366. The van der Waals surface area contributed by atoms with Crippen LogP contribution in [-0.2, 0) is 4.79 Å². The Bertz CT molecular complexity index is 682. The number of anilines is 1. The standard InChI is InChI=1S/C13H14ClN3O2S/c1-17(2)9(18)6-16-13(19)12-11(15)10-7(14)4-3-5-8(10)20-12/h3-5H,6,15H2,1-2H3,(H,16,19). The number of carbonyl (C=O) groups excluding carboxylic acids is 2. The summed E-state index contributed by atoms with van der Waals surface area (Å²) in [6.07, 6.45) is 0. The molecule has 1 aromatic carbocycles. The molecule has 1 heterocycles. The van der Waals surface area contributed by atoms with E-state index in [2.05, 4.69) is 5.32 Å². The predicted octanol–water partition coefficient (Wildman–Crippen LogP) is 1.95. The Kier molecular flexibility index (Phi) is 4.15. The summed E-state index contributed by atoms with van der Waals surface area (Å²) in [6, 6.07) is 5.38. The third kappa shape index (κ3) is 2.71. The van der Waals surface area contributed by atoms with Crippen molar-refractivity contribution in [1.82, 2.24) is 10.2 Å². The van der Waals surface area contributed by atoms with Gasteiger partial charge < -0.3 is 16.0 Å². The van der Waals surface area contributed by atoms with Crippen LogP contribution >= 0.6 is 22.9 Å². The van der Waals surface area contributed by atoms with Gasteiger partial charge in [-0.1, -0.05) is 17.7 Å². The fraction of sp³-hybridized carbons (Fsp3) is 0.231. The Morgan fingerprint density at radius 3 is 2.70 bits per heavy atom. The van der Waals surface area contributed by atoms with E-state index in [1.807, 2.05) is 6.07 Å².